The molecule has 0 spiro atoms. The van der Waals surface area contributed by atoms with Crippen LogP contribution in [0.15, 0.2) is 30.4 Å². The molecular formula is C18H23ClN2O4. The lowest BCUT2D eigenvalue weighted by atomic mass is 10.0. The van der Waals surface area contributed by atoms with Gasteiger partial charge in [0.15, 0.2) is 11.9 Å². The Bertz CT molecular complexity index is 686. The summed E-state index contributed by atoms with van der Waals surface area (Å²) < 4.78 is 10.9. The van der Waals surface area contributed by atoms with E-state index in [1.807, 2.05) is 0 Å². The molecule has 1 aromatic rings. The van der Waals surface area contributed by atoms with Crippen LogP contribution in [0.1, 0.15) is 17.3 Å². The number of ether oxygens (including phenoxy) is 2. The predicted octanol–water partition coefficient (Wildman–Crippen LogP) is 1.92. The average Bonchev–Trinajstić information content (AvgIpc) is 2.59. The van der Waals surface area contributed by atoms with Crippen LogP contribution in [0.3, 0.4) is 0 Å². The van der Waals surface area contributed by atoms with Gasteiger partial charge < -0.3 is 14.4 Å². The van der Waals surface area contributed by atoms with Crippen LogP contribution in [0.2, 0.25) is 0 Å². The van der Waals surface area contributed by atoms with Crippen molar-refractivity contribution in [3.8, 4) is 5.75 Å². The molecule has 1 saturated heterocycles. The summed E-state index contributed by atoms with van der Waals surface area (Å²) >= 11 is 0. The summed E-state index contributed by atoms with van der Waals surface area (Å²) in [7, 11) is 1.71. The molecule has 136 valence electrons. The number of ketones is 1. The van der Waals surface area contributed by atoms with Crippen LogP contribution < -0.4 is 9.64 Å². The minimum absolute atomic E-state index is 0. The number of hydrogen-bond acceptors (Lipinski definition) is 5. The lowest BCUT2D eigenvalue weighted by molar-refractivity contribution is -0.125. The number of carbonyl (C=O) groups excluding carboxylic acids is 2. The van der Waals surface area contributed by atoms with E-state index in [0.29, 0.717) is 42.3 Å². The van der Waals surface area contributed by atoms with Gasteiger partial charge in [-0.15, -0.1) is 12.4 Å². The second-order valence-corrected chi connectivity index (χ2v) is 6.16. The number of anilines is 1. The molecule has 1 atom stereocenters. The molecule has 1 fully saturated rings. The molecule has 6 nitrogen and oxygen atoms in total. The van der Waals surface area contributed by atoms with Crippen molar-refractivity contribution < 1.29 is 19.1 Å². The third-order valence-electron chi connectivity index (χ3n) is 4.40. The van der Waals surface area contributed by atoms with E-state index in [1.165, 1.54) is 0 Å². The monoisotopic (exact) mass is 366 g/mol. The molecule has 7 heteroatoms. The smallest absolute Gasteiger partial charge is 0.267 e. The second kappa shape index (κ2) is 7.99. The summed E-state index contributed by atoms with van der Waals surface area (Å²) in [5.41, 5.74) is 1.75. The van der Waals surface area contributed by atoms with E-state index in [-0.39, 0.29) is 24.1 Å². The molecule has 2 aliphatic rings. The Morgan fingerprint density at radius 1 is 1.32 bits per heavy atom. The van der Waals surface area contributed by atoms with Gasteiger partial charge in [-0.25, -0.2) is 0 Å². The number of halogens is 1. The van der Waals surface area contributed by atoms with Crippen molar-refractivity contribution in [2.75, 3.05) is 44.8 Å². The van der Waals surface area contributed by atoms with Crippen LogP contribution in [0.4, 0.5) is 5.69 Å². The van der Waals surface area contributed by atoms with Gasteiger partial charge >= 0.3 is 0 Å². The summed E-state index contributed by atoms with van der Waals surface area (Å²) in [6, 6.07) is 5.16. The molecule has 25 heavy (non-hydrogen) atoms. The first-order valence-corrected chi connectivity index (χ1v) is 8.08. The highest BCUT2D eigenvalue weighted by Gasteiger charge is 2.29. The number of Topliss-reactive ketones (excluding diaryl/α,β-unsaturated/α-hetero) is 1. The Labute approximate surface area is 153 Å². The summed E-state index contributed by atoms with van der Waals surface area (Å²) in [6.07, 6.45) is -0.551. The minimum atomic E-state index is -0.551. The molecular weight excluding hydrogens is 344 g/mol. The van der Waals surface area contributed by atoms with Gasteiger partial charge in [0, 0.05) is 37.8 Å². The Morgan fingerprint density at radius 2 is 2.00 bits per heavy atom. The van der Waals surface area contributed by atoms with Crippen molar-refractivity contribution in [2.45, 2.75) is 13.0 Å². The number of nitrogens with zero attached hydrogens (tertiary/aromatic N) is 2. The third kappa shape index (κ3) is 4.03. The predicted molar refractivity (Wildman–Crippen MR) is 97.9 cm³/mol. The van der Waals surface area contributed by atoms with Crippen LogP contribution in [0.25, 0.3) is 0 Å². The number of likely N-dealkylation sites (N-methyl/N-ethyl adjacent to an activating group) is 1. The van der Waals surface area contributed by atoms with E-state index >= 15 is 0 Å². The first-order chi connectivity index (χ1) is 11.5. The molecule has 2 aliphatic heterocycles. The van der Waals surface area contributed by atoms with Crippen molar-refractivity contribution in [1.82, 2.24) is 4.90 Å². The maximum Gasteiger partial charge on any atom is 0.267 e. The number of rotatable bonds is 4. The number of hydrogen-bond donors (Lipinski definition) is 0. The summed E-state index contributed by atoms with van der Waals surface area (Å²) in [5, 5.41) is 0. The van der Waals surface area contributed by atoms with Crippen LogP contribution in [-0.4, -0.2) is 62.6 Å². The fraction of sp³-hybridized carbons (Fsp3) is 0.444. The zero-order valence-electron chi connectivity index (χ0n) is 14.5. The van der Waals surface area contributed by atoms with Gasteiger partial charge in [-0.3, -0.25) is 14.5 Å². The summed E-state index contributed by atoms with van der Waals surface area (Å²) in [6.45, 7) is 9.17. The molecule has 0 aromatic heterocycles. The molecule has 1 amide bonds. The Morgan fingerprint density at radius 3 is 2.68 bits per heavy atom. The second-order valence-electron chi connectivity index (χ2n) is 6.16. The van der Waals surface area contributed by atoms with Crippen LogP contribution in [0, 0.1) is 0 Å². The average molecular weight is 367 g/mol. The number of benzene rings is 1. The van der Waals surface area contributed by atoms with Crippen LogP contribution >= 0.6 is 12.4 Å². The zero-order chi connectivity index (χ0) is 17.3. The Balaban J connectivity index is 0.00000225. The highest BCUT2D eigenvalue weighted by molar-refractivity contribution is 6.09. The molecule has 3 rings (SSSR count). The van der Waals surface area contributed by atoms with Crippen molar-refractivity contribution >= 4 is 29.8 Å². The summed E-state index contributed by atoms with van der Waals surface area (Å²) in [4.78, 5) is 28.3. The molecule has 0 bridgehead atoms. The van der Waals surface area contributed by atoms with Gasteiger partial charge in [0.2, 0.25) is 0 Å². The first kappa shape index (κ1) is 19.4. The molecule has 0 N–H and O–H groups in total. The van der Waals surface area contributed by atoms with Crippen molar-refractivity contribution in [1.29, 1.82) is 0 Å². The fourth-order valence-corrected chi connectivity index (χ4v) is 2.96. The molecule has 0 aliphatic carbocycles. The Kier molecular flexibility index (Phi) is 6.21. The lowest BCUT2D eigenvalue weighted by Gasteiger charge is -2.30. The van der Waals surface area contributed by atoms with E-state index in [0.717, 1.165) is 13.1 Å². The first-order valence-electron chi connectivity index (χ1n) is 8.08. The van der Waals surface area contributed by atoms with Crippen LogP contribution in [0.5, 0.6) is 5.75 Å². The number of fused-ring (bicyclic) bond motifs is 1. The number of morpholine rings is 1. The Hall–Kier alpha value is -1.89. The van der Waals surface area contributed by atoms with Crippen molar-refractivity contribution in [2.24, 2.45) is 0 Å². The van der Waals surface area contributed by atoms with Gasteiger partial charge in [0.25, 0.3) is 5.91 Å². The van der Waals surface area contributed by atoms with Gasteiger partial charge in [-0.05, 0) is 25.1 Å². The van der Waals surface area contributed by atoms with E-state index in [9.17, 15) is 9.59 Å². The van der Waals surface area contributed by atoms with E-state index in [4.69, 9.17) is 9.47 Å². The standard InChI is InChI=1S/C18H22N2O4.ClH/c1-12(11-20-6-8-23-9-7-20)17(21)14-4-5-15-16(10-14)24-13(2)18(22)19(15)3;/h4-5,10,13H,1,6-9,11H2,2-3H3;1H. The quantitative estimate of drug-likeness (QED) is 0.602. The topological polar surface area (TPSA) is 59.1 Å². The maximum atomic E-state index is 12.6. The maximum absolute atomic E-state index is 12.6. The zero-order valence-corrected chi connectivity index (χ0v) is 15.3. The minimum Gasteiger partial charge on any atom is -0.479 e. The normalized spacial score (nSPS) is 20.3. The lowest BCUT2D eigenvalue weighted by Crippen LogP contribution is -2.42. The van der Waals surface area contributed by atoms with Gasteiger partial charge in [0.05, 0.1) is 18.9 Å². The SMILES string of the molecule is C=C(CN1CCOCC1)C(=O)c1ccc2c(c1)OC(C)C(=O)N2C.Cl. The molecule has 1 aromatic carbocycles. The molecule has 1 unspecified atom stereocenters. The highest BCUT2D eigenvalue weighted by Crippen LogP contribution is 2.34. The molecule has 2 heterocycles. The largest absolute Gasteiger partial charge is 0.479 e. The van der Waals surface area contributed by atoms with E-state index in [1.54, 1.807) is 37.1 Å². The molecule has 0 radical (unpaired) electrons. The van der Waals surface area contributed by atoms with Gasteiger partial charge in [-0.1, -0.05) is 6.58 Å². The van der Waals surface area contributed by atoms with Gasteiger partial charge in [0.1, 0.15) is 5.75 Å². The summed E-state index contributed by atoms with van der Waals surface area (Å²) in [5.74, 6) is 0.355. The van der Waals surface area contributed by atoms with Crippen LogP contribution in [-0.2, 0) is 9.53 Å². The van der Waals surface area contributed by atoms with Gasteiger partial charge in [-0.2, -0.15) is 0 Å². The van der Waals surface area contributed by atoms with Crippen molar-refractivity contribution in [3.05, 3.63) is 35.9 Å². The third-order valence-corrected chi connectivity index (χ3v) is 4.40. The highest BCUT2D eigenvalue weighted by atomic mass is 35.5. The molecule has 0 saturated carbocycles. The van der Waals surface area contributed by atoms with E-state index in [2.05, 4.69) is 11.5 Å². The van der Waals surface area contributed by atoms with E-state index < -0.39 is 6.10 Å². The number of amides is 1. The number of carbonyl (C=O) groups is 2. The van der Waals surface area contributed by atoms with Crippen molar-refractivity contribution in [3.63, 3.8) is 0 Å². The fourth-order valence-electron chi connectivity index (χ4n) is 2.96.